The zero-order valence-electron chi connectivity index (χ0n) is 21.1. The lowest BCUT2D eigenvalue weighted by Gasteiger charge is -2.08. The number of benzene rings is 3. The van der Waals surface area contributed by atoms with Gasteiger partial charge in [0.1, 0.15) is 0 Å². The Labute approximate surface area is 223 Å². The number of amides is 1. The van der Waals surface area contributed by atoms with Crippen LogP contribution < -0.4 is 4.72 Å². The highest BCUT2D eigenvalue weighted by Gasteiger charge is 2.18. The average molecular weight is 535 g/mol. The summed E-state index contributed by atoms with van der Waals surface area (Å²) in [6, 6.07) is 21.3. The molecular formula is C30H31ClN2O3S. The summed E-state index contributed by atoms with van der Waals surface area (Å²) < 4.78 is 26.8. The summed E-state index contributed by atoms with van der Waals surface area (Å²) in [6.45, 7) is 3.99. The van der Waals surface area contributed by atoms with Crippen molar-refractivity contribution in [1.82, 2.24) is 9.71 Å². The van der Waals surface area contributed by atoms with Crippen LogP contribution in [0.2, 0.25) is 5.02 Å². The first-order chi connectivity index (χ1) is 17.8. The molecule has 0 aliphatic heterocycles. The molecule has 192 valence electrons. The maximum atomic E-state index is 12.7. The summed E-state index contributed by atoms with van der Waals surface area (Å²) >= 11 is 6.66. The van der Waals surface area contributed by atoms with Crippen LogP contribution in [0.1, 0.15) is 64.5 Å². The van der Waals surface area contributed by atoms with Crippen molar-refractivity contribution in [2.75, 3.05) is 5.75 Å². The van der Waals surface area contributed by atoms with Crippen molar-refractivity contribution < 1.29 is 13.2 Å². The van der Waals surface area contributed by atoms with Crippen LogP contribution in [0, 0.1) is 6.92 Å². The van der Waals surface area contributed by atoms with Gasteiger partial charge in [-0.05, 0) is 59.9 Å². The number of hydrogen-bond donors (Lipinski definition) is 2. The van der Waals surface area contributed by atoms with Crippen LogP contribution in [0.25, 0.3) is 23.1 Å². The van der Waals surface area contributed by atoms with Gasteiger partial charge in [-0.25, -0.2) is 13.1 Å². The maximum absolute atomic E-state index is 12.7. The van der Waals surface area contributed by atoms with E-state index in [9.17, 15) is 13.2 Å². The highest BCUT2D eigenvalue weighted by atomic mass is 35.5. The highest BCUT2D eigenvalue weighted by Crippen LogP contribution is 2.29. The SMILES string of the molecule is CCCCCS(=O)(=O)NC(=O)c1ccc2[nH]c(C)c(Cc3ccc(/C=C/c4ccccc4)cc3Cl)c2c1. The van der Waals surface area contributed by atoms with E-state index in [0.29, 0.717) is 23.4 Å². The summed E-state index contributed by atoms with van der Waals surface area (Å²) in [5, 5.41) is 1.54. The fourth-order valence-corrected chi connectivity index (χ4v) is 5.64. The molecule has 1 amide bonds. The van der Waals surface area contributed by atoms with Crippen molar-refractivity contribution >= 4 is 50.6 Å². The number of rotatable bonds is 10. The highest BCUT2D eigenvalue weighted by molar-refractivity contribution is 7.90. The van der Waals surface area contributed by atoms with E-state index in [1.54, 1.807) is 12.1 Å². The molecule has 0 aliphatic carbocycles. The summed E-state index contributed by atoms with van der Waals surface area (Å²) in [5.41, 5.74) is 6.27. The molecule has 5 nitrogen and oxygen atoms in total. The smallest absolute Gasteiger partial charge is 0.264 e. The van der Waals surface area contributed by atoms with Crippen LogP contribution in [-0.2, 0) is 16.4 Å². The molecule has 2 N–H and O–H groups in total. The number of aromatic amines is 1. The zero-order valence-corrected chi connectivity index (χ0v) is 22.6. The molecule has 7 heteroatoms. The predicted octanol–water partition coefficient (Wildman–Crippen LogP) is 7.14. The number of aryl methyl sites for hydroxylation is 1. The lowest BCUT2D eigenvalue weighted by Crippen LogP contribution is -2.32. The van der Waals surface area contributed by atoms with Crippen molar-refractivity contribution in [3.8, 4) is 0 Å². The van der Waals surface area contributed by atoms with Crippen LogP contribution in [-0.4, -0.2) is 25.1 Å². The van der Waals surface area contributed by atoms with E-state index in [2.05, 4.69) is 9.71 Å². The molecule has 3 aromatic carbocycles. The quantitative estimate of drug-likeness (QED) is 0.167. The van der Waals surface area contributed by atoms with Gasteiger partial charge in [0.15, 0.2) is 0 Å². The van der Waals surface area contributed by atoms with Gasteiger partial charge >= 0.3 is 0 Å². The Morgan fingerprint density at radius 3 is 2.46 bits per heavy atom. The summed E-state index contributed by atoms with van der Waals surface area (Å²) in [4.78, 5) is 16.1. The number of hydrogen-bond acceptors (Lipinski definition) is 3. The Kier molecular flexibility index (Phi) is 8.52. The molecular weight excluding hydrogens is 504 g/mol. The normalized spacial score (nSPS) is 11.9. The maximum Gasteiger partial charge on any atom is 0.264 e. The molecule has 37 heavy (non-hydrogen) atoms. The standard InChI is InChI=1S/C30H31ClN2O3S/c1-3-4-8-17-37(35,36)33-30(34)25-15-16-29-27(20-25)26(21(2)32-29)19-24-14-13-23(18-28(24)31)12-11-22-9-6-5-7-10-22/h5-7,9-16,18,20,32H,3-4,8,17,19H2,1-2H3,(H,33,34)/b12-11+. The van der Waals surface area contributed by atoms with Crippen LogP contribution in [0.5, 0.6) is 0 Å². The second kappa shape index (κ2) is 11.8. The summed E-state index contributed by atoms with van der Waals surface area (Å²) in [6.07, 6.45) is 6.90. The predicted molar refractivity (Wildman–Crippen MR) is 153 cm³/mol. The lowest BCUT2D eigenvalue weighted by molar-refractivity contribution is 0.0981. The molecule has 0 spiro atoms. The van der Waals surface area contributed by atoms with Crippen molar-refractivity contribution in [2.24, 2.45) is 0 Å². The molecule has 0 saturated heterocycles. The Bertz CT molecular complexity index is 1540. The fourth-order valence-electron chi connectivity index (χ4n) is 4.30. The van der Waals surface area contributed by atoms with Gasteiger partial charge < -0.3 is 4.98 Å². The van der Waals surface area contributed by atoms with E-state index in [1.165, 1.54) is 0 Å². The van der Waals surface area contributed by atoms with Gasteiger partial charge in [-0.3, -0.25) is 4.79 Å². The third-order valence-electron chi connectivity index (χ3n) is 6.36. The van der Waals surface area contributed by atoms with Gasteiger partial charge in [-0.1, -0.05) is 86.0 Å². The second-order valence-electron chi connectivity index (χ2n) is 9.22. The topological polar surface area (TPSA) is 79.0 Å². The number of aromatic nitrogens is 1. The van der Waals surface area contributed by atoms with Crippen LogP contribution in [0.4, 0.5) is 0 Å². The number of H-pyrrole nitrogens is 1. The van der Waals surface area contributed by atoms with Gasteiger partial charge in [-0.15, -0.1) is 0 Å². The van der Waals surface area contributed by atoms with Gasteiger partial charge in [0.2, 0.25) is 10.0 Å². The van der Waals surface area contributed by atoms with E-state index in [0.717, 1.165) is 51.7 Å². The molecule has 0 aliphatic rings. The minimum absolute atomic E-state index is 0.0572. The van der Waals surface area contributed by atoms with E-state index in [-0.39, 0.29) is 5.75 Å². The average Bonchev–Trinajstić information content (AvgIpc) is 3.18. The molecule has 0 fully saturated rings. The van der Waals surface area contributed by atoms with Crippen molar-refractivity contribution in [3.05, 3.63) is 105 Å². The Balaban J connectivity index is 1.54. The Morgan fingerprint density at radius 2 is 1.73 bits per heavy atom. The molecule has 1 heterocycles. The number of carbonyl (C=O) groups is 1. The van der Waals surface area contributed by atoms with Gasteiger partial charge in [0.05, 0.1) is 5.75 Å². The number of nitrogens with one attached hydrogen (secondary N) is 2. The minimum atomic E-state index is -3.67. The minimum Gasteiger partial charge on any atom is -0.358 e. The van der Waals surface area contributed by atoms with Crippen molar-refractivity contribution in [1.29, 1.82) is 0 Å². The third-order valence-corrected chi connectivity index (χ3v) is 8.03. The Morgan fingerprint density at radius 1 is 0.973 bits per heavy atom. The zero-order chi connectivity index (χ0) is 26.4. The molecule has 4 aromatic rings. The van der Waals surface area contributed by atoms with Crippen LogP contribution >= 0.6 is 11.6 Å². The monoisotopic (exact) mass is 534 g/mol. The molecule has 1 aromatic heterocycles. The molecule has 0 saturated carbocycles. The van der Waals surface area contributed by atoms with Crippen molar-refractivity contribution in [2.45, 2.75) is 39.5 Å². The molecule has 0 unspecified atom stereocenters. The van der Waals surface area contributed by atoms with Gasteiger partial charge in [0.25, 0.3) is 5.91 Å². The van der Waals surface area contributed by atoms with E-state index in [1.807, 2.05) is 80.6 Å². The molecule has 4 rings (SSSR count). The third kappa shape index (κ3) is 6.90. The van der Waals surface area contributed by atoms with E-state index < -0.39 is 15.9 Å². The number of unbranched alkanes of at least 4 members (excludes halogenated alkanes) is 2. The first-order valence-corrected chi connectivity index (χ1v) is 14.5. The van der Waals surface area contributed by atoms with Gasteiger partial charge in [-0.2, -0.15) is 0 Å². The second-order valence-corrected chi connectivity index (χ2v) is 11.5. The number of fused-ring (bicyclic) bond motifs is 1. The van der Waals surface area contributed by atoms with Crippen molar-refractivity contribution in [3.63, 3.8) is 0 Å². The molecule has 0 radical (unpaired) electrons. The summed E-state index contributed by atoms with van der Waals surface area (Å²) in [7, 11) is -3.67. The van der Waals surface area contributed by atoms with E-state index >= 15 is 0 Å². The first kappa shape index (κ1) is 26.7. The number of carbonyl (C=O) groups excluding carboxylic acids is 1. The lowest BCUT2D eigenvalue weighted by atomic mass is 9.99. The summed E-state index contributed by atoms with van der Waals surface area (Å²) in [5.74, 6) is -0.672. The van der Waals surface area contributed by atoms with E-state index in [4.69, 9.17) is 11.6 Å². The fraction of sp³-hybridized carbons (Fsp3) is 0.233. The van der Waals surface area contributed by atoms with Gasteiger partial charge in [0, 0.05) is 33.6 Å². The number of halogens is 1. The Hall–Kier alpha value is -3.35. The largest absolute Gasteiger partial charge is 0.358 e. The van der Waals surface area contributed by atoms with Crippen LogP contribution in [0.3, 0.4) is 0 Å². The first-order valence-electron chi connectivity index (χ1n) is 12.4. The number of sulfonamides is 1. The molecule has 0 bridgehead atoms. The van der Waals surface area contributed by atoms with Crippen LogP contribution in [0.15, 0.2) is 66.7 Å². The molecule has 0 atom stereocenters.